The Bertz CT molecular complexity index is 795. The Labute approximate surface area is 141 Å². The summed E-state index contributed by atoms with van der Waals surface area (Å²) in [5, 5.41) is 14.6. The second-order valence-electron chi connectivity index (χ2n) is 7.49. The fourth-order valence-electron chi connectivity index (χ4n) is 5.03. The van der Waals surface area contributed by atoms with Crippen LogP contribution < -0.4 is 10.2 Å². The van der Waals surface area contributed by atoms with Gasteiger partial charge in [-0.1, -0.05) is 18.2 Å². The van der Waals surface area contributed by atoms with Crippen molar-refractivity contribution in [3.63, 3.8) is 0 Å². The first-order valence-electron chi connectivity index (χ1n) is 8.81. The fourth-order valence-corrected chi connectivity index (χ4v) is 5.03. The van der Waals surface area contributed by atoms with E-state index in [4.69, 9.17) is 4.74 Å². The molecule has 1 aromatic carbocycles. The van der Waals surface area contributed by atoms with Gasteiger partial charge in [0.15, 0.2) is 0 Å². The van der Waals surface area contributed by atoms with Crippen LogP contribution in [-0.4, -0.2) is 54.6 Å². The Morgan fingerprint density at radius 1 is 1.42 bits per heavy atom. The topological polar surface area (TPSA) is 57.6 Å². The van der Waals surface area contributed by atoms with Gasteiger partial charge in [0, 0.05) is 61.4 Å². The average Bonchev–Trinajstić information content (AvgIpc) is 3.02. The van der Waals surface area contributed by atoms with Crippen LogP contribution in [0.15, 0.2) is 30.3 Å². The van der Waals surface area contributed by atoms with Crippen LogP contribution in [0.1, 0.15) is 5.69 Å². The number of aliphatic hydroxyl groups excluding tert-OH is 1. The number of pyridine rings is 1. The summed E-state index contributed by atoms with van der Waals surface area (Å²) < 4.78 is 6.43. The summed E-state index contributed by atoms with van der Waals surface area (Å²) >= 11 is 0. The van der Waals surface area contributed by atoms with Crippen LogP contribution in [0.3, 0.4) is 0 Å². The van der Waals surface area contributed by atoms with Crippen LogP contribution in [0.4, 0.5) is 5.69 Å². The molecule has 2 bridgehead atoms. The van der Waals surface area contributed by atoms with Crippen molar-refractivity contribution < 1.29 is 9.84 Å². The van der Waals surface area contributed by atoms with E-state index in [2.05, 4.69) is 46.4 Å². The average molecular weight is 325 g/mol. The maximum Gasteiger partial charge on any atom is 0.103 e. The maximum absolute atomic E-state index is 9.89. The Morgan fingerprint density at radius 3 is 3.17 bits per heavy atom. The Kier molecular flexibility index (Phi) is 3.14. The van der Waals surface area contributed by atoms with Crippen LogP contribution in [0, 0.1) is 18.8 Å². The number of aliphatic hydroxyl groups is 1. The summed E-state index contributed by atoms with van der Waals surface area (Å²) in [5.41, 5.74) is 3.16. The van der Waals surface area contributed by atoms with Gasteiger partial charge in [0.25, 0.3) is 0 Å². The number of rotatable bonds is 2. The number of fused-ring (bicyclic) bond motifs is 2. The van der Waals surface area contributed by atoms with Gasteiger partial charge >= 0.3 is 0 Å². The van der Waals surface area contributed by atoms with Crippen molar-refractivity contribution in [3.05, 3.63) is 36.0 Å². The first-order chi connectivity index (χ1) is 11.7. The fraction of sp³-hybridized carbons (Fsp3) is 0.526. The van der Waals surface area contributed by atoms with Gasteiger partial charge in [-0.05, 0) is 19.1 Å². The number of ether oxygens (including phenoxy) is 1. The number of nitrogens with zero attached hydrogens (tertiary/aromatic N) is 2. The molecule has 5 heteroatoms. The number of para-hydroxylation sites is 1. The van der Waals surface area contributed by atoms with E-state index in [0.29, 0.717) is 5.92 Å². The van der Waals surface area contributed by atoms with Crippen molar-refractivity contribution in [2.24, 2.45) is 11.8 Å². The second kappa shape index (κ2) is 5.15. The molecule has 1 aromatic heterocycles. The van der Waals surface area contributed by atoms with Crippen molar-refractivity contribution in [3.8, 4) is 0 Å². The van der Waals surface area contributed by atoms with E-state index >= 15 is 0 Å². The van der Waals surface area contributed by atoms with E-state index in [9.17, 15) is 5.11 Å². The number of benzene rings is 1. The summed E-state index contributed by atoms with van der Waals surface area (Å²) in [5.74, 6) is 0.619. The summed E-state index contributed by atoms with van der Waals surface area (Å²) in [6, 6.07) is 10.5. The van der Waals surface area contributed by atoms with E-state index in [1.54, 1.807) is 0 Å². The van der Waals surface area contributed by atoms with Crippen molar-refractivity contribution in [1.82, 2.24) is 10.3 Å². The van der Waals surface area contributed by atoms with E-state index in [0.717, 1.165) is 37.4 Å². The first-order valence-corrected chi connectivity index (χ1v) is 8.81. The predicted molar refractivity (Wildman–Crippen MR) is 93.2 cm³/mol. The van der Waals surface area contributed by atoms with Crippen LogP contribution in [0.2, 0.25) is 0 Å². The van der Waals surface area contributed by atoms with Crippen molar-refractivity contribution in [2.75, 3.05) is 37.7 Å². The van der Waals surface area contributed by atoms with Crippen molar-refractivity contribution in [2.45, 2.75) is 18.6 Å². The van der Waals surface area contributed by atoms with Crippen LogP contribution >= 0.6 is 0 Å². The molecule has 3 fully saturated rings. The lowest BCUT2D eigenvalue weighted by Crippen LogP contribution is -2.52. The Balaban J connectivity index is 1.57. The summed E-state index contributed by atoms with van der Waals surface area (Å²) in [4.78, 5) is 7.10. The minimum absolute atomic E-state index is 0.158. The van der Waals surface area contributed by atoms with Gasteiger partial charge in [0.1, 0.15) is 5.60 Å². The molecule has 5 rings (SSSR count). The molecule has 2 aromatic rings. The number of nitrogens with one attached hydrogen (secondary N) is 1. The molecule has 0 amide bonds. The van der Waals surface area contributed by atoms with Crippen LogP contribution in [0.25, 0.3) is 10.9 Å². The van der Waals surface area contributed by atoms with E-state index in [-0.39, 0.29) is 24.2 Å². The molecule has 0 radical (unpaired) electrons. The zero-order chi connectivity index (χ0) is 16.3. The molecule has 0 aliphatic carbocycles. The van der Waals surface area contributed by atoms with Gasteiger partial charge in [0.2, 0.25) is 0 Å². The zero-order valence-electron chi connectivity index (χ0n) is 13.9. The Hall–Kier alpha value is -1.69. The molecule has 2 N–H and O–H groups in total. The third-order valence-corrected chi connectivity index (χ3v) is 6.08. The van der Waals surface area contributed by atoms with Gasteiger partial charge in [-0.2, -0.15) is 0 Å². The molecule has 5 nitrogen and oxygen atoms in total. The van der Waals surface area contributed by atoms with Gasteiger partial charge < -0.3 is 20.1 Å². The predicted octanol–water partition coefficient (Wildman–Crippen LogP) is 1.33. The largest absolute Gasteiger partial charge is 0.396 e. The molecule has 3 saturated heterocycles. The zero-order valence-corrected chi connectivity index (χ0v) is 13.9. The molecule has 0 unspecified atom stereocenters. The monoisotopic (exact) mass is 325 g/mol. The summed E-state index contributed by atoms with van der Waals surface area (Å²) in [6.07, 6.45) is 0.159. The van der Waals surface area contributed by atoms with Gasteiger partial charge in [-0.15, -0.1) is 0 Å². The highest BCUT2D eigenvalue weighted by atomic mass is 16.5. The minimum atomic E-state index is -0.158. The lowest BCUT2D eigenvalue weighted by atomic mass is 9.83. The highest BCUT2D eigenvalue weighted by Crippen LogP contribution is 2.48. The molecule has 24 heavy (non-hydrogen) atoms. The summed E-state index contributed by atoms with van der Waals surface area (Å²) in [7, 11) is 0. The van der Waals surface area contributed by atoms with E-state index in [1.807, 2.05) is 6.07 Å². The van der Waals surface area contributed by atoms with Crippen molar-refractivity contribution in [1.29, 1.82) is 0 Å². The van der Waals surface area contributed by atoms with Gasteiger partial charge in [-0.25, -0.2) is 0 Å². The molecule has 4 atom stereocenters. The minimum Gasteiger partial charge on any atom is -0.396 e. The number of morpholine rings is 1. The first kappa shape index (κ1) is 14.6. The molecule has 0 saturated carbocycles. The number of anilines is 1. The van der Waals surface area contributed by atoms with E-state index in [1.165, 1.54) is 11.1 Å². The normalized spacial score (nSPS) is 34.8. The molecule has 3 aliphatic heterocycles. The molecule has 126 valence electrons. The third-order valence-electron chi connectivity index (χ3n) is 6.08. The quantitative estimate of drug-likeness (QED) is 0.872. The molecule has 1 spiro atoms. The Morgan fingerprint density at radius 2 is 2.29 bits per heavy atom. The van der Waals surface area contributed by atoms with Crippen molar-refractivity contribution >= 4 is 16.6 Å². The highest BCUT2D eigenvalue weighted by molar-refractivity contribution is 5.92. The van der Waals surface area contributed by atoms with Gasteiger partial charge in [-0.3, -0.25) is 4.98 Å². The van der Waals surface area contributed by atoms with E-state index < -0.39 is 0 Å². The van der Waals surface area contributed by atoms with Crippen LogP contribution in [-0.2, 0) is 4.74 Å². The molecule has 4 heterocycles. The number of hydrogen-bond donors (Lipinski definition) is 2. The van der Waals surface area contributed by atoms with Gasteiger partial charge in [0.05, 0.1) is 11.6 Å². The maximum atomic E-state index is 9.89. The second-order valence-corrected chi connectivity index (χ2v) is 7.49. The highest BCUT2D eigenvalue weighted by Gasteiger charge is 2.60. The molecular formula is C19H23N3O2. The third kappa shape index (κ3) is 1.95. The lowest BCUT2D eigenvalue weighted by Gasteiger charge is -2.34. The molecular weight excluding hydrogens is 302 g/mol. The summed E-state index contributed by atoms with van der Waals surface area (Å²) in [6.45, 7) is 5.82. The smallest absolute Gasteiger partial charge is 0.103 e. The van der Waals surface area contributed by atoms with Crippen LogP contribution in [0.5, 0.6) is 0 Å². The SMILES string of the molecule is Cc1cc(N2C[C@@H]3[C@H](CO)[C@H]4CNC[C@]3(C2)O4)c2ccccc2n1. The number of hydrogen-bond acceptors (Lipinski definition) is 5. The number of aryl methyl sites for hydroxylation is 1. The lowest BCUT2D eigenvalue weighted by molar-refractivity contribution is -0.0653. The molecule has 3 aliphatic rings. The number of aromatic nitrogens is 1. The standard InChI is InChI=1S/C19H23N3O2/c1-12-6-17(13-4-2-3-5-16(13)21-12)22-8-15-14(9-23)18-7-20-10-19(15,11-22)24-18/h2-6,14-15,18,20,23H,7-11H2,1H3/t14-,15+,18+,19+/m0/s1.